The minimum atomic E-state index is 1.25. The summed E-state index contributed by atoms with van der Waals surface area (Å²) in [5.41, 5.74) is 5.09. The maximum atomic E-state index is 2.40. The predicted molar refractivity (Wildman–Crippen MR) is 200 cm³/mol. The molecular weight excluding hydrogens is 553 g/mol. The SMILES string of the molecule is c1ccc2cc3c(-c4ccc5ccc(-c6c7ccccc7cc7cc8ccccc8cc67)cc5c4)c4ccccc4cc3cc2c1. The normalized spacial score (nSPS) is 11.9. The lowest BCUT2D eigenvalue weighted by Gasteiger charge is -2.16. The minimum Gasteiger partial charge on any atom is -0.0616 e. The zero-order valence-corrected chi connectivity index (χ0v) is 25.2. The summed E-state index contributed by atoms with van der Waals surface area (Å²) in [4.78, 5) is 0. The molecule has 0 bridgehead atoms. The first-order chi connectivity index (χ1) is 22.8. The van der Waals surface area contributed by atoms with Crippen molar-refractivity contribution < 1.29 is 0 Å². The molecule has 0 nitrogen and oxygen atoms in total. The van der Waals surface area contributed by atoms with E-state index in [0.29, 0.717) is 0 Å². The van der Waals surface area contributed by atoms with Crippen LogP contribution in [0.5, 0.6) is 0 Å². The molecule has 0 saturated heterocycles. The van der Waals surface area contributed by atoms with Crippen LogP contribution in [0.1, 0.15) is 0 Å². The van der Waals surface area contributed by atoms with Crippen LogP contribution >= 0.6 is 0 Å². The summed E-state index contributed by atoms with van der Waals surface area (Å²) in [6, 6.07) is 63.1. The van der Waals surface area contributed by atoms with E-state index in [1.165, 1.54) is 97.7 Å². The van der Waals surface area contributed by atoms with Crippen molar-refractivity contribution >= 4 is 75.4 Å². The molecule has 0 heteroatoms. The van der Waals surface area contributed by atoms with Gasteiger partial charge in [0.1, 0.15) is 0 Å². The van der Waals surface area contributed by atoms with Gasteiger partial charge in [-0.25, -0.2) is 0 Å². The molecule has 0 saturated carbocycles. The van der Waals surface area contributed by atoms with Gasteiger partial charge in [-0.05, 0) is 146 Å². The van der Waals surface area contributed by atoms with E-state index in [-0.39, 0.29) is 0 Å². The lowest BCUT2D eigenvalue weighted by Crippen LogP contribution is -1.89. The summed E-state index contributed by atoms with van der Waals surface area (Å²) in [5, 5.41) is 17.8. The van der Waals surface area contributed by atoms with Crippen molar-refractivity contribution in [2.45, 2.75) is 0 Å². The number of fused-ring (bicyclic) bond motifs is 7. The summed E-state index contributed by atoms with van der Waals surface area (Å²) in [7, 11) is 0. The summed E-state index contributed by atoms with van der Waals surface area (Å²) in [5.74, 6) is 0. The first kappa shape index (κ1) is 25.4. The molecule has 0 aliphatic carbocycles. The second kappa shape index (κ2) is 9.76. The molecule has 0 N–H and O–H groups in total. The molecule has 0 atom stereocenters. The van der Waals surface area contributed by atoms with Crippen LogP contribution in [0.2, 0.25) is 0 Å². The van der Waals surface area contributed by atoms with Crippen molar-refractivity contribution in [3.8, 4) is 22.3 Å². The Labute approximate surface area is 266 Å². The monoisotopic (exact) mass is 580 g/mol. The van der Waals surface area contributed by atoms with Gasteiger partial charge in [0.15, 0.2) is 0 Å². The summed E-state index contributed by atoms with van der Waals surface area (Å²) >= 11 is 0. The number of hydrogen-bond acceptors (Lipinski definition) is 0. The van der Waals surface area contributed by atoms with Crippen molar-refractivity contribution in [3.05, 3.63) is 170 Å². The van der Waals surface area contributed by atoms with E-state index < -0.39 is 0 Å². The molecule has 10 aromatic carbocycles. The lowest BCUT2D eigenvalue weighted by atomic mass is 9.88. The van der Waals surface area contributed by atoms with E-state index in [4.69, 9.17) is 0 Å². The third-order valence-electron chi connectivity index (χ3n) is 9.87. The van der Waals surface area contributed by atoms with E-state index >= 15 is 0 Å². The average molecular weight is 581 g/mol. The number of hydrogen-bond donors (Lipinski definition) is 0. The van der Waals surface area contributed by atoms with Gasteiger partial charge in [0.2, 0.25) is 0 Å². The van der Waals surface area contributed by atoms with Crippen molar-refractivity contribution in [2.24, 2.45) is 0 Å². The second-order valence-electron chi connectivity index (χ2n) is 12.6. The summed E-state index contributed by atoms with van der Waals surface area (Å²) in [6.45, 7) is 0. The molecule has 0 unspecified atom stereocenters. The van der Waals surface area contributed by atoms with Crippen LogP contribution in [0, 0.1) is 0 Å². The first-order valence-electron chi connectivity index (χ1n) is 16.0. The van der Waals surface area contributed by atoms with E-state index in [2.05, 4.69) is 170 Å². The van der Waals surface area contributed by atoms with Gasteiger partial charge in [-0.3, -0.25) is 0 Å². The molecule has 10 aromatic rings. The highest BCUT2D eigenvalue weighted by atomic mass is 14.2. The molecule has 0 aliphatic heterocycles. The summed E-state index contributed by atoms with van der Waals surface area (Å²) < 4.78 is 0. The molecular formula is C46H28. The zero-order valence-electron chi connectivity index (χ0n) is 25.2. The van der Waals surface area contributed by atoms with Crippen LogP contribution in [-0.4, -0.2) is 0 Å². The van der Waals surface area contributed by atoms with Crippen LogP contribution in [-0.2, 0) is 0 Å². The molecule has 0 aliphatic rings. The van der Waals surface area contributed by atoms with Gasteiger partial charge in [0.25, 0.3) is 0 Å². The Hall–Kier alpha value is -5.98. The third kappa shape index (κ3) is 3.87. The minimum absolute atomic E-state index is 1.25. The van der Waals surface area contributed by atoms with Gasteiger partial charge in [-0.1, -0.05) is 121 Å². The highest BCUT2D eigenvalue weighted by Crippen LogP contribution is 2.42. The maximum Gasteiger partial charge on any atom is -0.00264 e. The largest absolute Gasteiger partial charge is 0.0616 e. The number of benzene rings is 10. The van der Waals surface area contributed by atoms with Crippen LogP contribution in [0.3, 0.4) is 0 Å². The average Bonchev–Trinajstić information content (AvgIpc) is 3.10. The van der Waals surface area contributed by atoms with E-state index in [1.807, 2.05) is 0 Å². The molecule has 0 fully saturated rings. The molecule has 0 aromatic heterocycles. The van der Waals surface area contributed by atoms with Crippen molar-refractivity contribution in [2.75, 3.05) is 0 Å². The molecule has 0 heterocycles. The predicted octanol–water partition coefficient (Wildman–Crippen LogP) is 13.1. The van der Waals surface area contributed by atoms with Gasteiger partial charge >= 0.3 is 0 Å². The van der Waals surface area contributed by atoms with Crippen LogP contribution in [0.25, 0.3) is 97.7 Å². The molecule has 0 amide bonds. The fourth-order valence-corrected chi connectivity index (χ4v) is 7.69. The summed E-state index contributed by atoms with van der Waals surface area (Å²) in [6.07, 6.45) is 0. The van der Waals surface area contributed by atoms with Crippen LogP contribution in [0.15, 0.2) is 170 Å². The van der Waals surface area contributed by atoms with Crippen LogP contribution < -0.4 is 0 Å². The Morgan fingerprint density at radius 1 is 0.196 bits per heavy atom. The van der Waals surface area contributed by atoms with Crippen LogP contribution in [0.4, 0.5) is 0 Å². The van der Waals surface area contributed by atoms with Gasteiger partial charge in [-0.15, -0.1) is 0 Å². The van der Waals surface area contributed by atoms with Gasteiger partial charge < -0.3 is 0 Å². The highest BCUT2D eigenvalue weighted by molar-refractivity contribution is 6.18. The topological polar surface area (TPSA) is 0 Å². The fraction of sp³-hybridized carbons (Fsp3) is 0. The Kier molecular flexibility index (Phi) is 5.38. The highest BCUT2D eigenvalue weighted by Gasteiger charge is 2.14. The number of rotatable bonds is 2. The molecule has 10 rings (SSSR count). The smallest absolute Gasteiger partial charge is 0.00264 e. The lowest BCUT2D eigenvalue weighted by molar-refractivity contribution is 1.69. The standard InChI is InChI=1S/C46H28/c1-3-11-32-27-43-39(21-30(32)9-1)23-34-13-5-7-15-41(34)45(43)36-19-17-29-18-20-37(26-38(29)25-36)46-42-16-8-6-14-35(42)24-40-22-31-10-2-4-12-33(31)28-44(40)46/h1-28H. The third-order valence-corrected chi connectivity index (χ3v) is 9.87. The molecule has 46 heavy (non-hydrogen) atoms. The van der Waals surface area contributed by atoms with Gasteiger partial charge in [-0.2, -0.15) is 0 Å². The Balaban J connectivity index is 1.25. The van der Waals surface area contributed by atoms with Crippen molar-refractivity contribution in [1.82, 2.24) is 0 Å². The molecule has 0 spiro atoms. The zero-order chi connectivity index (χ0) is 30.2. The van der Waals surface area contributed by atoms with E-state index in [1.54, 1.807) is 0 Å². The quantitative estimate of drug-likeness (QED) is 0.178. The first-order valence-corrected chi connectivity index (χ1v) is 16.0. The maximum absolute atomic E-state index is 2.40. The Morgan fingerprint density at radius 3 is 1.02 bits per heavy atom. The van der Waals surface area contributed by atoms with E-state index in [9.17, 15) is 0 Å². The van der Waals surface area contributed by atoms with Gasteiger partial charge in [0, 0.05) is 0 Å². The van der Waals surface area contributed by atoms with E-state index in [0.717, 1.165) is 0 Å². The van der Waals surface area contributed by atoms with Crippen molar-refractivity contribution in [1.29, 1.82) is 0 Å². The fourth-order valence-electron chi connectivity index (χ4n) is 7.69. The Bertz CT molecular complexity index is 2650. The van der Waals surface area contributed by atoms with Gasteiger partial charge in [0.05, 0.1) is 0 Å². The van der Waals surface area contributed by atoms with Crippen molar-refractivity contribution in [3.63, 3.8) is 0 Å². The Morgan fingerprint density at radius 2 is 0.565 bits per heavy atom. The second-order valence-corrected chi connectivity index (χ2v) is 12.6. The molecule has 212 valence electrons. The molecule has 0 radical (unpaired) electrons.